The van der Waals surface area contributed by atoms with Gasteiger partial charge in [0.15, 0.2) is 0 Å². The lowest BCUT2D eigenvalue weighted by Gasteiger charge is -2.29. The number of methoxy groups -OCH3 is 1. The van der Waals surface area contributed by atoms with E-state index in [2.05, 4.69) is 19.2 Å². The molecule has 0 aromatic heterocycles. The molecule has 1 fully saturated rings. The van der Waals surface area contributed by atoms with Crippen molar-refractivity contribution < 1.29 is 9.53 Å². The number of nitrogens with one attached hydrogen (secondary N) is 1. The zero-order valence-electron chi connectivity index (χ0n) is 12.4. The van der Waals surface area contributed by atoms with Crippen molar-refractivity contribution in [3.63, 3.8) is 0 Å². The van der Waals surface area contributed by atoms with Gasteiger partial charge in [0.1, 0.15) is 0 Å². The van der Waals surface area contributed by atoms with Gasteiger partial charge in [-0.25, -0.2) is 0 Å². The van der Waals surface area contributed by atoms with E-state index in [9.17, 15) is 4.79 Å². The van der Waals surface area contributed by atoms with E-state index < -0.39 is 0 Å². The van der Waals surface area contributed by atoms with Gasteiger partial charge in [-0.2, -0.15) is 0 Å². The lowest BCUT2D eigenvalue weighted by atomic mass is 9.85. The van der Waals surface area contributed by atoms with Crippen LogP contribution in [-0.2, 0) is 9.53 Å². The second-order valence-corrected chi connectivity index (χ2v) is 6.25. The molecule has 0 heterocycles. The Morgan fingerprint density at radius 3 is 2.68 bits per heavy atom. The molecule has 1 aliphatic rings. The zero-order chi connectivity index (χ0) is 13.6. The summed E-state index contributed by atoms with van der Waals surface area (Å²) in [5.41, 5.74) is 6.00. The van der Waals surface area contributed by atoms with Gasteiger partial charge in [0, 0.05) is 32.2 Å². The first-order valence-corrected chi connectivity index (χ1v) is 6.97. The third-order valence-electron chi connectivity index (χ3n) is 3.81. The molecule has 1 aliphatic carbocycles. The van der Waals surface area contributed by atoms with Gasteiger partial charge in [-0.3, -0.25) is 4.79 Å². The van der Waals surface area contributed by atoms with Crippen molar-refractivity contribution in [1.29, 1.82) is 0 Å². The molecule has 0 aliphatic heterocycles. The minimum absolute atomic E-state index is 0. The Bertz CT molecular complexity index is 272. The number of nitrogens with two attached hydrogens (primary N) is 1. The van der Waals surface area contributed by atoms with Crippen LogP contribution < -0.4 is 11.1 Å². The molecule has 1 amide bonds. The summed E-state index contributed by atoms with van der Waals surface area (Å²) in [6, 6.07) is 0.205. The Morgan fingerprint density at radius 1 is 1.42 bits per heavy atom. The summed E-state index contributed by atoms with van der Waals surface area (Å²) >= 11 is 0. The van der Waals surface area contributed by atoms with Crippen LogP contribution in [0.1, 0.15) is 46.0 Å². The fourth-order valence-electron chi connectivity index (χ4n) is 2.40. The molecule has 19 heavy (non-hydrogen) atoms. The van der Waals surface area contributed by atoms with E-state index in [0.29, 0.717) is 6.54 Å². The van der Waals surface area contributed by atoms with Crippen LogP contribution in [0.25, 0.3) is 0 Å². The van der Waals surface area contributed by atoms with Gasteiger partial charge in [-0.05, 0) is 31.1 Å². The molecule has 0 radical (unpaired) electrons. The Kier molecular flexibility index (Phi) is 8.62. The highest BCUT2D eigenvalue weighted by Crippen LogP contribution is 2.24. The first kappa shape index (κ1) is 18.7. The van der Waals surface area contributed by atoms with E-state index in [-0.39, 0.29) is 35.7 Å². The molecule has 4 nitrogen and oxygen atoms in total. The maximum absolute atomic E-state index is 12.1. The number of carbonyl (C=O) groups excluding carboxylic acids is 1. The third-order valence-corrected chi connectivity index (χ3v) is 3.81. The molecule has 0 aromatic carbocycles. The van der Waals surface area contributed by atoms with Gasteiger partial charge in [-0.1, -0.05) is 20.3 Å². The van der Waals surface area contributed by atoms with E-state index in [4.69, 9.17) is 10.5 Å². The predicted molar refractivity (Wildman–Crippen MR) is 80.5 cm³/mol. The van der Waals surface area contributed by atoms with Crippen molar-refractivity contribution >= 4 is 18.3 Å². The molecule has 0 saturated heterocycles. The Hall–Kier alpha value is -0.320. The van der Waals surface area contributed by atoms with Crippen molar-refractivity contribution in [1.82, 2.24) is 5.32 Å². The van der Waals surface area contributed by atoms with E-state index >= 15 is 0 Å². The molecule has 0 aromatic rings. The zero-order valence-corrected chi connectivity index (χ0v) is 13.2. The summed E-state index contributed by atoms with van der Waals surface area (Å²) < 4.78 is 5.09. The van der Waals surface area contributed by atoms with Gasteiger partial charge in [-0.15, -0.1) is 12.4 Å². The summed E-state index contributed by atoms with van der Waals surface area (Å²) in [5, 5.41) is 3.07. The van der Waals surface area contributed by atoms with Crippen LogP contribution in [0.5, 0.6) is 0 Å². The van der Waals surface area contributed by atoms with Crippen molar-refractivity contribution in [2.45, 2.75) is 52.0 Å². The number of carbonyl (C=O) groups is 1. The summed E-state index contributed by atoms with van der Waals surface area (Å²) in [5.74, 6) is 0.294. The highest BCUT2D eigenvalue weighted by molar-refractivity contribution is 5.85. The standard InChI is InChI=1S/C14H28N2O2.ClH/c1-14(2,7-8-18-3)10-16-13(17)11-5-4-6-12(15)9-11;/h11-12H,4-10,15H2,1-3H3,(H,16,17);1H. The van der Waals surface area contributed by atoms with Crippen LogP contribution in [0.4, 0.5) is 0 Å². The van der Waals surface area contributed by atoms with E-state index in [1.165, 1.54) is 0 Å². The number of rotatable bonds is 6. The van der Waals surface area contributed by atoms with Gasteiger partial charge in [0.2, 0.25) is 5.91 Å². The fraction of sp³-hybridized carbons (Fsp3) is 0.929. The van der Waals surface area contributed by atoms with E-state index in [1.807, 2.05) is 0 Å². The molecule has 2 atom stereocenters. The van der Waals surface area contributed by atoms with Crippen LogP contribution in [0, 0.1) is 11.3 Å². The average Bonchev–Trinajstić information content (AvgIpc) is 2.34. The average molecular weight is 293 g/mol. The fourth-order valence-corrected chi connectivity index (χ4v) is 2.40. The van der Waals surface area contributed by atoms with Crippen molar-refractivity contribution in [2.24, 2.45) is 17.1 Å². The largest absolute Gasteiger partial charge is 0.385 e. The monoisotopic (exact) mass is 292 g/mol. The number of ether oxygens (including phenoxy) is 1. The quantitative estimate of drug-likeness (QED) is 0.788. The van der Waals surface area contributed by atoms with Gasteiger partial charge in [0.05, 0.1) is 0 Å². The lowest BCUT2D eigenvalue weighted by molar-refractivity contribution is -0.126. The SMILES string of the molecule is COCCC(C)(C)CNC(=O)C1CCCC(N)C1.Cl. The van der Waals surface area contributed by atoms with E-state index in [1.54, 1.807) is 7.11 Å². The molecule has 0 bridgehead atoms. The van der Waals surface area contributed by atoms with Crippen LogP contribution in [0.2, 0.25) is 0 Å². The predicted octanol–water partition coefficient (Wildman–Crippen LogP) is 2.10. The Labute approximate surface area is 123 Å². The molecular formula is C14H29ClN2O2. The topological polar surface area (TPSA) is 64.3 Å². The highest BCUT2D eigenvalue weighted by atomic mass is 35.5. The van der Waals surface area contributed by atoms with Crippen LogP contribution in [0.3, 0.4) is 0 Å². The summed E-state index contributed by atoms with van der Waals surface area (Å²) in [6.07, 6.45) is 4.91. The summed E-state index contributed by atoms with van der Waals surface area (Å²) in [4.78, 5) is 12.1. The number of halogens is 1. The molecule has 0 spiro atoms. The second-order valence-electron chi connectivity index (χ2n) is 6.25. The number of hydrogen-bond acceptors (Lipinski definition) is 3. The van der Waals surface area contributed by atoms with Crippen LogP contribution in [-0.4, -0.2) is 32.2 Å². The number of hydrogen-bond donors (Lipinski definition) is 2. The first-order chi connectivity index (χ1) is 8.44. The smallest absolute Gasteiger partial charge is 0.223 e. The number of amides is 1. The molecular weight excluding hydrogens is 264 g/mol. The maximum atomic E-state index is 12.1. The minimum atomic E-state index is 0. The van der Waals surface area contributed by atoms with Gasteiger partial charge in [0.25, 0.3) is 0 Å². The summed E-state index contributed by atoms with van der Waals surface area (Å²) in [6.45, 7) is 5.75. The lowest BCUT2D eigenvalue weighted by Crippen LogP contribution is -2.41. The minimum Gasteiger partial charge on any atom is -0.385 e. The van der Waals surface area contributed by atoms with Crippen molar-refractivity contribution in [2.75, 3.05) is 20.3 Å². The molecule has 5 heteroatoms. The van der Waals surface area contributed by atoms with Crippen molar-refractivity contribution in [3.8, 4) is 0 Å². The first-order valence-electron chi connectivity index (χ1n) is 6.97. The van der Waals surface area contributed by atoms with E-state index in [0.717, 1.165) is 38.7 Å². The maximum Gasteiger partial charge on any atom is 0.223 e. The van der Waals surface area contributed by atoms with Gasteiger partial charge < -0.3 is 15.8 Å². The second kappa shape index (κ2) is 8.77. The normalized spacial score (nSPS) is 23.6. The summed E-state index contributed by atoms with van der Waals surface area (Å²) in [7, 11) is 1.71. The van der Waals surface area contributed by atoms with Gasteiger partial charge >= 0.3 is 0 Å². The Morgan fingerprint density at radius 2 is 2.11 bits per heavy atom. The van der Waals surface area contributed by atoms with Crippen LogP contribution >= 0.6 is 12.4 Å². The Balaban J connectivity index is 0.00000324. The third kappa shape index (κ3) is 7.14. The van der Waals surface area contributed by atoms with Crippen molar-refractivity contribution in [3.05, 3.63) is 0 Å². The molecule has 3 N–H and O–H groups in total. The molecule has 114 valence electrons. The van der Waals surface area contributed by atoms with Crippen LogP contribution in [0.15, 0.2) is 0 Å². The molecule has 2 unspecified atom stereocenters. The molecule has 1 rings (SSSR count). The molecule has 1 saturated carbocycles. The highest BCUT2D eigenvalue weighted by Gasteiger charge is 2.26.